The summed E-state index contributed by atoms with van der Waals surface area (Å²) in [4.78, 5) is 13.5. The second-order valence-electron chi connectivity index (χ2n) is 6.55. The summed E-state index contributed by atoms with van der Waals surface area (Å²) in [5, 5.41) is 2.75. The Balaban J connectivity index is 2.05. The minimum atomic E-state index is -3.73. The van der Waals surface area contributed by atoms with E-state index in [0.717, 1.165) is 4.90 Å². The average molecular weight is 423 g/mol. The van der Waals surface area contributed by atoms with Gasteiger partial charge in [0.05, 0.1) is 17.6 Å². The normalized spacial score (nSPS) is 11.5. The minimum absolute atomic E-state index is 0.0301. The third kappa shape index (κ3) is 6.25. The molecule has 2 aromatic carbocycles. The number of ether oxygens (including phenoxy) is 1. The first-order valence-electron chi connectivity index (χ1n) is 8.91. The highest BCUT2D eigenvalue weighted by molar-refractivity contribution is 7.99. The number of methoxy groups -OCH3 is 1. The minimum Gasteiger partial charge on any atom is -0.496 e. The van der Waals surface area contributed by atoms with E-state index in [1.54, 1.807) is 11.8 Å². The van der Waals surface area contributed by atoms with E-state index in [9.17, 15) is 13.2 Å². The van der Waals surface area contributed by atoms with E-state index in [-0.39, 0.29) is 29.0 Å². The number of aryl methyl sites for hydroxylation is 1. The molecule has 1 amide bonds. The third-order valence-corrected chi connectivity index (χ3v) is 6.30. The molecular weight excluding hydrogens is 396 g/mol. The molecule has 0 aliphatic heterocycles. The second kappa shape index (κ2) is 9.95. The number of benzene rings is 2. The smallest absolute Gasteiger partial charge is 0.255 e. The summed E-state index contributed by atoms with van der Waals surface area (Å²) in [6.45, 7) is 5.96. The van der Waals surface area contributed by atoms with Gasteiger partial charge in [0.1, 0.15) is 5.75 Å². The fourth-order valence-corrected chi connectivity index (χ4v) is 4.39. The van der Waals surface area contributed by atoms with Crippen LogP contribution < -0.4 is 14.8 Å². The van der Waals surface area contributed by atoms with Crippen LogP contribution in [0, 0.1) is 6.92 Å². The lowest BCUT2D eigenvalue weighted by molar-refractivity contribution is 0.0940. The predicted molar refractivity (Wildman–Crippen MR) is 113 cm³/mol. The van der Waals surface area contributed by atoms with Crippen LogP contribution in [0.2, 0.25) is 0 Å². The number of rotatable bonds is 9. The molecule has 0 radical (unpaired) electrons. The van der Waals surface area contributed by atoms with Crippen LogP contribution >= 0.6 is 11.8 Å². The zero-order valence-electron chi connectivity index (χ0n) is 16.5. The zero-order valence-corrected chi connectivity index (χ0v) is 18.1. The first-order valence-corrected chi connectivity index (χ1v) is 11.4. The highest BCUT2D eigenvalue weighted by atomic mass is 32.2. The number of sulfonamides is 1. The van der Waals surface area contributed by atoms with Gasteiger partial charge in [-0.1, -0.05) is 17.7 Å². The molecule has 0 aromatic heterocycles. The van der Waals surface area contributed by atoms with Gasteiger partial charge < -0.3 is 10.1 Å². The van der Waals surface area contributed by atoms with E-state index in [1.807, 2.05) is 45.0 Å². The molecule has 0 spiro atoms. The van der Waals surface area contributed by atoms with Crippen LogP contribution in [0.15, 0.2) is 52.3 Å². The van der Waals surface area contributed by atoms with Gasteiger partial charge in [-0.05, 0) is 51.1 Å². The molecule has 0 heterocycles. The SMILES string of the molecule is COc1ccc(S(=O)(=O)NCCSc2ccc(C)cc2)cc1C(=O)NC(C)C. The maximum atomic E-state index is 12.6. The van der Waals surface area contributed by atoms with Crippen LogP contribution in [-0.4, -0.2) is 39.8 Å². The standard InChI is InChI=1S/C20H26N2O4S2/c1-14(2)22-20(23)18-13-17(9-10-19(18)26-4)28(24,25)21-11-12-27-16-7-5-15(3)6-8-16/h5-10,13-14,21H,11-12H2,1-4H3,(H,22,23). The molecule has 2 aromatic rings. The van der Waals surface area contributed by atoms with Gasteiger partial charge in [-0.15, -0.1) is 11.8 Å². The summed E-state index contributed by atoms with van der Waals surface area (Å²) >= 11 is 1.57. The Morgan fingerprint density at radius 3 is 2.43 bits per heavy atom. The van der Waals surface area contributed by atoms with Crippen molar-refractivity contribution in [3.8, 4) is 5.75 Å². The van der Waals surface area contributed by atoms with E-state index in [4.69, 9.17) is 4.74 Å². The molecule has 0 bridgehead atoms. The third-order valence-electron chi connectivity index (χ3n) is 3.83. The Morgan fingerprint density at radius 2 is 1.82 bits per heavy atom. The molecule has 0 aliphatic carbocycles. The van der Waals surface area contributed by atoms with Gasteiger partial charge >= 0.3 is 0 Å². The first-order chi connectivity index (χ1) is 13.2. The lowest BCUT2D eigenvalue weighted by Crippen LogP contribution is -2.31. The van der Waals surface area contributed by atoms with Crippen molar-refractivity contribution in [2.75, 3.05) is 19.4 Å². The molecule has 6 nitrogen and oxygen atoms in total. The van der Waals surface area contributed by atoms with Gasteiger partial charge in [-0.25, -0.2) is 13.1 Å². The van der Waals surface area contributed by atoms with Crippen molar-refractivity contribution in [2.24, 2.45) is 0 Å². The molecule has 0 fully saturated rings. The maximum Gasteiger partial charge on any atom is 0.255 e. The Labute approximate surface area is 171 Å². The van der Waals surface area contributed by atoms with Crippen LogP contribution in [0.1, 0.15) is 29.8 Å². The van der Waals surface area contributed by atoms with E-state index in [1.165, 1.54) is 30.9 Å². The summed E-state index contributed by atoms with van der Waals surface area (Å²) in [7, 11) is -2.29. The molecule has 28 heavy (non-hydrogen) atoms. The number of hydrogen-bond acceptors (Lipinski definition) is 5. The van der Waals surface area contributed by atoms with Gasteiger partial charge in [-0.3, -0.25) is 4.79 Å². The zero-order chi connectivity index (χ0) is 20.7. The maximum absolute atomic E-state index is 12.6. The first kappa shape index (κ1) is 22.3. The van der Waals surface area contributed by atoms with E-state index >= 15 is 0 Å². The molecule has 152 valence electrons. The van der Waals surface area contributed by atoms with Gasteiger partial charge in [0, 0.05) is 23.2 Å². The van der Waals surface area contributed by atoms with Crippen molar-refractivity contribution < 1.29 is 17.9 Å². The summed E-state index contributed by atoms with van der Waals surface area (Å²) in [5.41, 5.74) is 1.37. The summed E-state index contributed by atoms with van der Waals surface area (Å²) in [5.74, 6) is 0.546. The van der Waals surface area contributed by atoms with Crippen LogP contribution in [0.4, 0.5) is 0 Å². The molecule has 0 unspecified atom stereocenters. The molecule has 0 atom stereocenters. The summed E-state index contributed by atoms with van der Waals surface area (Å²) < 4.78 is 33.0. The number of amides is 1. The second-order valence-corrected chi connectivity index (χ2v) is 9.48. The van der Waals surface area contributed by atoms with Crippen molar-refractivity contribution in [3.05, 3.63) is 53.6 Å². The van der Waals surface area contributed by atoms with Gasteiger partial charge in [0.15, 0.2) is 0 Å². The van der Waals surface area contributed by atoms with Gasteiger partial charge in [0.2, 0.25) is 10.0 Å². The van der Waals surface area contributed by atoms with E-state index < -0.39 is 10.0 Å². The molecule has 0 aliphatic rings. The van der Waals surface area contributed by atoms with Crippen LogP contribution in [0.5, 0.6) is 5.75 Å². The molecule has 0 saturated heterocycles. The van der Waals surface area contributed by atoms with E-state index in [0.29, 0.717) is 11.5 Å². The number of carbonyl (C=O) groups excluding carboxylic acids is 1. The molecule has 2 N–H and O–H groups in total. The van der Waals surface area contributed by atoms with Crippen molar-refractivity contribution in [1.82, 2.24) is 10.0 Å². The highest BCUT2D eigenvalue weighted by Crippen LogP contribution is 2.23. The lowest BCUT2D eigenvalue weighted by atomic mass is 10.2. The Morgan fingerprint density at radius 1 is 1.14 bits per heavy atom. The fourth-order valence-electron chi connectivity index (χ4n) is 2.43. The van der Waals surface area contributed by atoms with Crippen molar-refractivity contribution >= 4 is 27.7 Å². The number of hydrogen-bond donors (Lipinski definition) is 2. The number of nitrogens with one attached hydrogen (secondary N) is 2. The van der Waals surface area contributed by atoms with Crippen LogP contribution in [0.25, 0.3) is 0 Å². The topological polar surface area (TPSA) is 84.5 Å². The Bertz CT molecular complexity index is 910. The lowest BCUT2D eigenvalue weighted by Gasteiger charge is -2.13. The monoisotopic (exact) mass is 422 g/mol. The largest absolute Gasteiger partial charge is 0.496 e. The summed E-state index contributed by atoms with van der Waals surface area (Å²) in [6, 6.07) is 12.3. The number of carbonyl (C=O) groups is 1. The fraction of sp³-hybridized carbons (Fsp3) is 0.350. The molecular formula is C20H26N2O4S2. The quantitative estimate of drug-likeness (QED) is 0.479. The van der Waals surface area contributed by atoms with Crippen molar-refractivity contribution in [3.63, 3.8) is 0 Å². The Kier molecular flexibility index (Phi) is 7.91. The molecule has 2 rings (SSSR count). The molecule has 8 heteroatoms. The van der Waals surface area contributed by atoms with Gasteiger partial charge in [-0.2, -0.15) is 0 Å². The average Bonchev–Trinajstić information content (AvgIpc) is 2.65. The van der Waals surface area contributed by atoms with Gasteiger partial charge in [0.25, 0.3) is 5.91 Å². The van der Waals surface area contributed by atoms with E-state index in [2.05, 4.69) is 10.0 Å². The predicted octanol–water partition coefficient (Wildman–Crippen LogP) is 3.21. The van der Waals surface area contributed by atoms with Crippen molar-refractivity contribution in [1.29, 1.82) is 0 Å². The summed E-state index contributed by atoms with van der Waals surface area (Å²) in [6.07, 6.45) is 0. The molecule has 0 saturated carbocycles. The van der Waals surface area contributed by atoms with Crippen molar-refractivity contribution in [2.45, 2.75) is 36.6 Å². The van der Waals surface area contributed by atoms with Crippen LogP contribution in [-0.2, 0) is 10.0 Å². The van der Waals surface area contributed by atoms with Crippen LogP contribution in [0.3, 0.4) is 0 Å². The Hall–Kier alpha value is -2.03. The highest BCUT2D eigenvalue weighted by Gasteiger charge is 2.20. The number of thioether (sulfide) groups is 1.